The van der Waals surface area contributed by atoms with Gasteiger partial charge in [0.1, 0.15) is 12.4 Å². The van der Waals surface area contributed by atoms with Crippen molar-refractivity contribution >= 4 is 39.0 Å². The Morgan fingerprint density at radius 1 is 1.19 bits per heavy atom. The van der Waals surface area contributed by atoms with E-state index in [0.29, 0.717) is 5.69 Å². The maximum atomic E-state index is 12.3. The van der Waals surface area contributed by atoms with Crippen LogP contribution in [0.5, 0.6) is 5.75 Å². The van der Waals surface area contributed by atoms with Gasteiger partial charge in [-0.25, -0.2) is 9.78 Å². The SMILES string of the molecule is COc1ccc(Nc2nc(COC(=O)c3n[nH]c4ccccc34)cs2)cc1. The second-order valence-electron chi connectivity index (χ2n) is 5.69. The lowest BCUT2D eigenvalue weighted by Gasteiger charge is -2.04. The molecule has 4 aromatic rings. The van der Waals surface area contributed by atoms with Crippen molar-refractivity contribution in [2.24, 2.45) is 0 Å². The number of aromatic nitrogens is 3. The molecule has 2 N–H and O–H groups in total. The summed E-state index contributed by atoms with van der Waals surface area (Å²) in [7, 11) is 1.63. The molecule has 2 heterocycles. The standard InChI is InChI=1S/C19H16N4O3S/c1-25-14-8-6-12(7-9-14)20-19-21-13(11-27-19)10-26-18(24)17-15-4-2-3-5-16(15)22-23-17/h2-9,11H,10H2,1H3,(H,20,21)(H,22,23). The highest BCUT2D eigenvalue weighted by atomic mass is 32.1. The summed E-state index contributed by atoms with van der Waals surface area (Å²) in [5, 5.41) is 13.4. The summed E-state index contributed by atoms with van der Waals surface area (Å²) in [5.41, 5.74) is 2.64. The van der Waals surface area contributed by atoms with Crippen LogP contribution in [0.4, 0.5) is 10.8 Å². The first kappa shape index (κ1) is 17.0. The van der Waals surface area contributed by atoms with E-state index >= 15 is 0 Å². The van der Waals surface area contributed by atoms with Crippen LogP contribution in [0.3, 0.4) is 0 Å². The van der Waals surface area contributed by atoms with Gasteiger partial charge in [0, 0.05) is 16.5 Å². The fourth-order valence-electron chi connectivity index (χ4n) is 2.56. The van der Waals surface area contributed by atoms with Gasteiger partial charge in [-0.15, -0.1) is 11.3 Å². The molecule has 0 fully saturated rings. The maximum Gasteiger partial charge on any atom is 0.359 e. The van der Waals surface area contributed by atoms with Crippen molar-refractivity contribution in [2.45, 2.75) is 6.61 Å². The molecule has 0 amide bonds. The predicted octanol–water partition coefficient (Wildman–Crippen LogP) is 4.13. The summed E-state index contributed by atoms with van der Waals surface area (Å²) >= 11 is 1.44. The van der Waals surface area contributed by atoms with E-state index in [2.05, 4.69) is 20.5 Å². The number of carbonyl (C=O) groups excluding carboxylic acids is 1. The molecular formula is C19H16N4O3S. The van der Waals surface area contributed by atoms with Crippen LogP contribution in [0, 0.1) is 0 Å². The lowest BCUT2D eigenvalue weighted by Crippen LogP contribution is -2.06. The van der Waals surface area contributed by atoms with Crippen molar-refractivity contribution in [3.05, 3.63) is 65.3 Å². The van der Waals surface area contributed by atoms with Crippen LogP contribution in [0.1, 0.15) is 16.2 Å². The third-order valence-corrected chi connectivity index (χ3v) is 4.71. The zero-order valence-electron chi connectivity index (χ0n) is 14.4. The molecule has 0 unspecified atom stereocenters. The number of hydrogen-bond acceptors (Lipinski definition) is 7. The van der Waals surface area contributed by atoms with Gasteiger partial charge in [-0.3, -0.25) is 5.10 Å². The largest absolute Gasteiger partial charge is 0.497 e. The van der Waals surface area contributed by atoms with Crippen LogP contribution in [0.15, 0.2) is 53.9 Å². The molecule has 27 heavy (non-hydrogen) atoms. The Hall–Kier alpha value is -3.39. The molecule has 136 valence electrons. The summed E-state index contributed by atoms with van der Waals surface area (Å²) in [6.07, 6.45) is 0. The normalized spacial score (nSPS) is 10.7. The highest BCUT2D eigenvalue weighted by molar-refractivity contribution is 7.13. The second kappa shape index (κ2) is 7.46. The number of para-hydroxylation sites is 1. The molecular weight excluding hydrogens is 364 g/mol. The number of methoxy groups -OCH3 is 1. The number of hydrogen-bond donors (Lipinski definition) is 2. The molecule has 0 atom stereocenters. The molecule has 0 aliphatic rings. The fraction of sp³-hybridized carbons (Fsp3) is 0.105. The Bertz CT molecular complexity index is 1070. The van der Waals surface area contributed by atoms with Gasteiger partial charge in [0.05, 0.1) is 18.3 Å². The molecule has 0 saturated carbocycles. The monoisotopic (exact) mass is 380 g/mol. The Morgan fingerprint density at radius 2 is 2.00 bits per heavy atom. The van der Waals surface area contributed by atoms with Gasteiger partial charge in [0.2, 0.25) is 0 Å². The molecule has 8 heteroatoms. The van der Waals surface area contributed by atoms with Crippen LogP contribution >= 0.6 is 11.3 Å². The average Bonchev–Trinajstić information content (AvgIpc) is 3.33. The van der Waals surface area contributed by atoms with Gasteiger partial charge in [-0.1, -0.05) is 18.2 Å². The number of ether oxygens (including phenoxy) is 2. The molecule has 2 aromatic heterocycles. The van der Waals surface area contributed by atoms with Crippen LogP contribution in [0.2, 0.25) is 0 Å². The minimum atomic E-state index is -0.481. The van der Waals surface area contributed by atoms with Gasteiger partial charge in [0.25, 0.3) is 0 Å². The highest BCUT2D eigenvalue weighted by Gasteiger charge is 2.16. The number of nitrogens with one attached hydrogen (secondary N) is 2. The van der Waals surface area contributed by atoms with Crippen LogP contribution in [-0.2, 0) is 11.3 Å². The first-order chi connectivity index (χ1) is 13.2. The molecule has 7 nitrogen and oxygen atoms in total. The quantitative estimate of drug-likeness (QED) is 0.489. The Labute approximate surface area is 159 Å². The highest BCUT2D eigenvalue weighted by Crippen LogP contribution is 2.23. The fourth-order valence-corrected chi connectivity index (χ4v) is 3.27. The molecule has 0 spiro atoms. The number of nitrogens with zero attached hydrogens (tertiary/aromatic N) is 2. The maximum absolute atomic E-state index is 12.3. The van der Waals surface area contributed by atoms with Crippen molar-refractivity contribution in [1.29, 1.82) is 0 Å². The molecule has 4 rings (SSSR count). The number of aromatic amines is 1. The number of anilines is 2. The van der Waals surface area contributed by atoms with Crippen molar-refractivity contribution in [2.75, 3.05) is 12.4 Å². The Balaban J connectivity index is 1.38. The van der Waals surface area contributed by atoms with Crippen molar-refractivity contribution in [3.63, 3.8) is 0 Å². The Morgan fingerprint density at radius 3 is 2.81 bits per heavy atom. The minimum Gasteiger partial charge on any atom is -0.497 e. The summed E-state index contributed by atoms with van der Waals surface area (Å²) < 4.78 is 10.5. The second-order valence-corrected chi connectivity index (χ2v) is 6.55. The van der Waals surface area contributed by atoms with Gasteiger partial charge in [-0.2, -0.15) is 5.10 Å². The third-order valence-electron chi connectivity index (χ3n) is 3.91. The number of H-pyrrole nitrogens is 1. The van der Waals surface area contributed by atoms with Gasteiger partial charge in [-0.05, 0) is 30.3 Å². The molecule has 2 aromatic carbocycles. The molecule has 0 bridgehead atoms. The molecule has 0 aliphatic carbocycles. The predicted molar refractivity (Wildman–Crippen MR) is 104 cm³/mol. The van der Waals surface area contributed by atoms with Gasteiger partial charge in [0.15, 0.2) is 10.8 Å². The van der Waals surface area contributed by atoms with E-state index in [9.17, 15) is 4.79 Å². The topological polar surface area (TPSA) is 89.1 Å². The number of esters is 1. The van der Waals surface area contributed by atoms with Crippen LogP contribution in [-0.4, -0.2) is 28.3 Å². The average molecular weight is 380 g/mol. The van der Waals surface area contributed by atoms with E-state index in [4.69, 9.17) is 9.47 Å². The summed E-state index contributed by atoms with van der Waals surface area (Å²) in [6.45, 7) is 0.0841. The Kier molecular flexibility index (Phi) is 4.71. The number of benzene rings is 2. The van der Waals surface area contributed by atoms with Gasteiger partial charge < -0.3 is 14.8 Å². The van der Waals surface area contributed by atoms with Crippen molar-refractivity contribution < 1.29 is 14.3 Å². The van der Waals surface area contributed by atoms with E-state index in [1.54, 1.807) is 7.11 Å². The third kappa shape index (κ3) is 3.75. The number of rotatable bonds is 6. The van der Waals surface area contributed by atoms with Crippen LogP contribution in [0.25, 0.3) is 10.9 Å². The minimum absolute atomic E-state index is 0.0841. The number of carbonyl (C=O) groups is 1. The number of thiazole rings is 1. The molecule has 0 aliphatic heterocycles. The first-order valence-corrected chi connectivity index (χ1v) is 9.06. The first-order valence-electron chi connectivity index (χ1n) is 8.18. The van der Waals surface area contributed by atoms with E-state index < -0.39 is 5.97 Å². The molecule has 0 radical (unpaired) electrons. The summed E-state index contributed by atoms with van der Waals surface area (Å²) in [4.78, 5) is 16.7. The lowest BCUT2D eigenvalue weighted by atomic mass is 10.2. The zero-order valence-corrected chi connectivity index (χ0v) is 15.2. The smallest absolute Gasteiger partial charge is 0.359 e. The van der Waals surface area contributed by atoms with Crippen LogP contribution < -0.4 is 10.1 Å². The number of fused-ring (bicyclic) bond motifs is 1. The zero-order chi connectivity index (χ0) is 18.6. The van der Waals surface area contributed by atoms with E-state index in [0.717, 1.165) is 27.5 Å². The van der Waals surface area contributed by atoms with E-state index in [-0.39, 0.29) is 12.3 Å². The van der Waals surface area contributed by atoms with E-state index in [1.165, 1.54) is 11.3 Å². The lowest BCUT2D eigenvalue weighted by molar-refractivity contribution is 0.0464. The summed E-state index contributed by atoms with van der Waals surface area (Å²) in [5.74, 6) is 0.309. The summed E-state index contributed by atoms with van der Waals surface area (Å²) in [6, 6.07) is 15.0. The molecule has 0 saturated heterocycles. The van der Waals surface area contributed by atoms with Crippen molar-refractivity contribution in [1.82, 2.24) is 15.2 Å². The van der Waals surface area contributed by atoms with E-state index in [1.807, 2.05) is 53.9 Å². The van der Waals surface area contributed by atoms with Gasteiger partial charge >= 0.3 is 5.97 Å². The van der Waals surface area contributed by atoms with Crippen molar-refractivity contribution in [3.8, 4) is 5.75 Å².